The quantitative estimate of drug-likeness (QED) is 0.157. The molecule has 0 bridgehead atoms. The predicted molar refractivity (Wildman–Crippen MR) is 212 cm³/mol. The molecule has 5 aromatic carbocycles. The Hall–Kier alpha value is -2.48. The van der Waals surface area contributed by atoms with Crippen LogP contribution in [0.3, 0.4) is 0 Å². The summed E-state index contributed by atoms with van der Waals surface area (Å²) < 4.78 is 6.56. The van der Waals surface area contributed by atoms with E-state index in [4.69, 9.17) is 0 Å². The first-order chi connectivity index (χ1) is 21.4. The molecule has 242 valence electrons. The van der Waals surface area contributed by atoms with Crippen LogP contribution in [0.15, 0.2) is 102 Å². The smallest absolute Gasteiger partial charge is 0.147 e. The Morgan fingerprint density at radius 1 is 0.617 bits per heavy atom. The molecule has 2 aliphatic rings. The summed E-state index contributed by atoms with van der Waals surface area (Å²) in [5.41, 5.74) is 19.0. The topological polar surface area (TPSA) is 0 Å². The maximum Gasteiger partial charge on any atom is -0.147 e. The van der Waals surface area contributed by atoms with Crippen LogP contribution in [0, 0.1) is 26.7 Å². The van der Waals surface area contributed by atoms with Crippen LogP contribution in [0.5, 0.6) is 0 Å². The van der Waals surface area contributed by atoms with E-state index in [0.29, 0.717) is 13.2 Å². The van der Waals surface area contributed by atoms with E-state index in [1.165, 1.54) is 60.8 Å². The van der Waals surface area contributed by atoms with Crippen molar-refractivity contribution in [1.29, 1.82) is 0 Å². The molecule has 0 heterocycles. The zero-order chi connectivity index (χ0) is 31.9. The fraction of sp³-hybridized carbons (Fsp3) is 0.256. The molecule has 0 amide bonds. The number of halogens is 2. The summed E-state index contributed by atoms with van der Waals surface area (Å²) in [7, 11) is 0. The summed E-state index contributed by atoms with van der Waals surface area (Å²) in [5.74, 6) is 0.493. The van der Waals surface area contributed by atoms with E-state index >= 15 is 0 Å². The number of rotatable bonds is 5. The van der Waals surface area contributed by atoms with E-state index < -0.39 is 17.4 Å². The third-order valence-corrected chi connectivity index (χ3v) is 28.6. The Kier molecular flexibility index (Phi) is 9.73. The molecule has 4 heteroatoms. The van der Waals surface area contributed by atoms with Crippen LogP contribution >= 0.6 is 24.8 Å². The van der Waals surface area contributed by atoms with Gasteiger partial charge in [0.15, 0.2) is 0 Å². The number of benzene rings is 5. The molecular weight excluding hydrogens is 707 g/mol. The van der Waals surface area contributed by atoms with Gasteiger partial charge < -0.3 is 0 Å². The van der Waals surface area contributed by atoms with Gasteiger partial charge in [-0.25, -0.2) is 0 Å². The van der Waals surface area contributed by atoms with Gasteiger partial charge in [0.25, 0.3) is 0 Å². The van der Waals surface area contributed by atoms with Crippen molar-refractivity contribution in [3.63, 3.8) is 0 Å². The molecule has 0 N–H and O–H groups in total. The summed E-state index contributed by atoms with van der Waals surface area (Å²) in [4.78, 5) is 0. The molecule has 0 aromatic heterocycles. The van der Waals surface area contributed by atoms with E-state index in [1.807, 2.05) is 0 Å². The van der Waals surface area contributed by atoms with Crippen LogP contribution in [-0.2, 0) is 17.4 Å². The average molecular weight is 755 g/mol. The summed E-state index contributed by atoms with van der Waals surface area (Å²) in [6.07, 6.45) is 5.18. The molecule has 47 heavy (non-hydrogen) atoms. The summed E-state index contributed by atoms with van der Waals surface area (Å²) >= 11 is -3.73. The minimum atomic E-state index is -3.73. The fourth-order valence-electron chi connectivity index (χ4n) is 9.15. The normalized spacial score (nSPS) is 17.1. The summed E-state index contributed by atoms with van der Waals surface area (Å²) in [6, 6.07) is 34.5. The van der Waals surface area contributed by atoms with Crippen LogP contribution in [-0.4, -0.2) is 6.88 Å². The minimum Gasteiger partial charge on any atom is -0.147 e. The maximum atomic E-state index is 2.78. The van der Waals surface area contributed by atoms with Crippen molar-refractivity contribution in [3.05, 3.63) is 141 Å². The molecule has 2 aliphatic carbocycles. The van der Waals surface area contributed by atoms with Crippen LogP contribution in [0.25, 0.3) is 45.2 Å². The molecule has 2 atom stereocenters. The molecule has 0 saturated carbocycles. The minimum absolute atomic E-state index is 0. The molecule has 0 saturated heterocycles. The van der Waals surface area contributed by atoms with Gasteiger partial charge in [0.2, 0.25) is 0 Å². The summed E-state index contributed by atoms with van der Waals surface area (Å²) in [5, 5.41) is 2.65. The van der Waals surface area contributed by atoms with Gasteiger partial charge in [-0.2, -0.15) is 0 Å². The van der Waals surface area contributed by atoms with Gasteiger partial charge in [-0.1, -0.05) is 0 Å². The molecule has 7 rings (SSSR count). The van der Waals surface area contributed by atoms with Crippen molar-refractivity contribution in [2.75, 3.05) is 0 Å². The van der Waals surface area contributed by atoms with Crippen molar-refractivity contribution in [3.8, 4) is 22.3 Å². The Labute approximate surface area is 297 Å². The second kappa shape index (κ2) is 12.8. The van der Waals surface area contributed by atoms with Crippen molar-refractivity contribution in [2.24, 2.45) is 5.92 Å². The molecule has 0 fully saturated rings. The van der Waals surface area contributed by atoms with Gasteiger partial charge >= 0.3 is 275 Å². The van der Waals surface area contributed by atoms with Crippen molar-refractivity contribution in [1.82, 2.24) is 0 Å². The molecule has 0 nitrogen and oxygen atoms in total. The first kappa shape index (κ1) is 35.8. The van der Waals surface area contributed by atoms with Gasteiger partial charge in [-0.3, -0.25) is 0 Å². The number of aryl methyl sites for hydroxylation is 3. The Morgan fingerprint density at radius 2 is 1.26 bits per heavy atom. The third kappa shape index (κ3) is 5.72. The van der Waals surface area contributed by atoms with Crippen LogP contribution < -0.4 is 0 Å². The Balaban J connectivity index is 0.00000217. The van der Waals surface area contributed by atoms with Crippen molar-refractivity contribution >= 4 is 54.6 Å². The van der Waals surface area contributed by atoms with E-state index in [-0.39, 0.29) is 24.8 Å². The van der Waals surface area contributed by atoms with Crippen molar-refractivity contribution < 1.29 is 17.4 Å². The Morgan fingerprint density at radius 3 is 2.00 bits per heavy atom. The molecule has 0 spiro atoms. The van der Waals surface area contributed by atoms with E-state index in [2.05, 4.69) is 161 Å². The monoisotopic (exact) mass is 752 g/mol. The SMILES string of the molecule is CC1=Cc2c(-c3cc(C)ccc3C)ccc(C)c2[CH]1[Zr]([CH3])([CH3])(=[SiH2])[CH]1C(C(C)C)=Cc2c(-c3cccc4ccccc34)cccc21.Cl.Cl. The first-order valence-corrected chi connectivity index (χ1v) is 30.3. The third-order valence-electron chi connectivity index (χ3n) is 11.0. The van der Waals surface area contributed by atoms with E-state index in [0.717, 1.165) is 0 Å². The molecule has 0 aliphatic heterocycles. The number of hydrogen-bond acceptors (Lipinski definition) is 0. The predicted octanol–water partition coefficient (Wildman–Crippen LogP) is 12.5. The van der Waals surface area contributed by atoms with Crippen molar-refractivity contribution in [2.45, 2.75) is 58.1 Å². The molecule has 5 aromatic rings. The molecular formula is C43H48Cl2SiZr. The largest absolute Gasteiger partial charge is 0.147 e. The van der Waals surface area contributed by atoms with Gasteiger partial charge in [-0.05, 0) is 0 Å². The Bertz CT molecular complexity index is 2170. The maximum absolute atomic E-state index is 3.73. The van der Waals surface area contributed by atoms with Gasteiger partial charge in [-0.15, -0.1) is 24.8 Å². The second-order valence-electron chi connectivity index (χ2n) is 15.4. The van der Waals surface area contributed by atoms with Crippen LogP contribution in [0.4, 0.5) is 0 Å². The number of allylic oxidation sites excluding steroid dienone is 2. The van der Waals surface area contributed by atoms with Crippen LogP contribution in [0.1, 0.15) is 67.0 Å². The standard InChI is InChI=1S/C22H19.C19H19.2CH3.2ClH.H2Si.Zr/c1-15(2)18-13-17-9-6-12-21(22(17)14-18)20-11-5-8-16-7-3-4-10-19(16)20;1-12-5-6-14(3)17(9-12)16-8-7-15(4)18-10-13(2)11-19(16)18;;;;;;/h3-15H,1-2H3;5-11H,1-4H3;2*1H3;2*1H;1H2;. The molecule has 0 radical (unpaired) electrons. The second-order valence-corrected chi connectivity index (χ2v) is 45.9. The summed E-state index contributed by atoms with van der Waals surface area (Å²) in [6.45, 7) is 16.6. The average Bonchev–Trinajstić information content (AvgIpc) is 3.59. The van der Waals surface area contributed by atoms with E-state index in [1.54, 1.807) is 22.3 Å². The van der Waals surface area contributed by atoms with Gasteiger partial charge in [0, 0.05) is 0 Å². The van der Waals surface area contributed by atoms with E-state index in [9.17, 15) is 0 Å². The number of fused-ring (bicyclic) bond motifs is 3. The zero-order valence-corrected chi connectivity index (χ0v) is 34.6. The first-order valence-electron chi connectivity index (χ1n) is 16.6. The van der Waals surface area contributed by atoms with Gasteiger partial charge in [0.1, 0.15) is 0 Å². The zero-order valence-electron chi connectivity index (χ0n) is 29.1. The number of hydrogen-bond donors (Lipinski definition) is 0. The van der Waals surface area contributed by atoms with Crippen LogP contribution in [0.2, 0.25) is 9.26 Å². The molecule has 2 unspecified atom stereocenters. The fourth-order valence-corrected chi connectivity index (χ4v) is 29.8. The van der Waals surface area contributed by atoms with Gasteiger partial charge in [0.05, 0.1) is 0 Å².